The van der Waals surface area contributed by atoms with Crippen molar-refractivity contribution in [2.75, 3.05) is 13.1 Å². The average molecular weight is 193 g/mol. The van der Waals surface area contributed by atoms with Crippen molar-refractivity contribution in [2.45, 2.75) is 12.6 Å². The van der Waals surface area contributed by atoms with Gasteiger partial charge in [0.25, 0.3) is 0 Å². The Balaban J connectivity index is 2.09. The minimum absolute atomic E-state index is 0.271. The summed E-state index contributed by atoms with van der Waals surface area (Å²) in [6.45, 7) is -0.680. The smallest absolute Gasteiger partial charge is 0.401 e. The van der Waals surface area contributed by atoms with E-state index in [1.807, 2.05) is 0 Å². The quantitative estimate of drug-likeness (QED) is 0.739. The van der Waals surface area contributed by atoms with Crippen LogP contribution in [0.2, 0.25) is 0 Å². The van der Waals surface area contributed by atoms with E-state index in [2.05, 4.69) is 5.32 Å². The molecule has 1 heterocycles. The summed E-state index contributed by atoms with van der Waals surface area (Å²) in [5.41, 5.74) is 0. The Morgan fingerprint density at radius 3 is 2.69 bits per heavy atom. The van der Waals surface area contributed by atoms with E-state index in [1.54, 1.807) is 12.1 Å². The molecule has 0 bridgehead atoms. The summed E-state index contributed by atoms with van der Waals surface area (Å²) >= 11 is 0. The van der Waals surface area contributed by atoms with Gasteiger partial charge in [-0.05, 0) is 12.1 Å². The Bertz CT molecular complexity index is 230. The highest BCUT2D eigenvalue weighted by molar-refractivity contribution is 4.98. The van der Waals surface area contributed by atoms with Crippen LogP contribution in [0.4, 0.5) is 13.2 Å². The summed E-state index contributed by atoms with van der Waals surface area (Å²) in [6.07, 6.45) is -2.16. The van der Waals surface area contributed by atoms with Gasteiger partial charge in [0, 0.05) is 13.0 Å². The molecule has 1 aromatic rings. The number of halogens is 3. The van der Waals surface area contributed by atoms with Crippen LogP contribution in [0, 0.1) is 0 Å². The fraction of sp³-hybridized carbons (Fsp3) is 0.500. The zero-order valence-corrected chi connectivity index (χ0v) is 6.90. The third kappa shape index (κ3) is 4.57. The summed E-state index contributed by atoms with van der Waals surface area (Å²) in [7, 11) is 0. The highest BCUT2D eigenvalue weighted by Crippen LogP contribution is 2.12. The Kier molecular flexibility index (Phi) is 3.36. The largest absolute Gasteiger partial charge is 0.469 e. The Labute approximate surface area is 73.7 Å². The monoisotopic (exact) mass is 193 g/mol. The van der Waals surface area contributed by atoms with E-state index >= 15 is 0 Å². The van der Waals surface area contributed by atoms with E-state index in [0.29, 0.717) is 12.2 Å². The van der Waals surface area contributed by atoms with Crippen molar-refractivity contribution < 1.29 is 17.6 Å². The third-order valence-corrected chi connectivity index (χ3v) is 1.45. The molecule has 0 aromatic carbocycles. The normalized spacial score (nSPS) is 11.9. The van der Waals surface area contributed by atoms with E-state index in [-0.39, 0.29) is 6.54 Å². The van der Waals surface area contributed by atoms with Crippen molar-refractivity contribution >= 4 is 0 Å². The van der Waals surface area contributed by atoms with Crippen molar-refractivity contribution in [3.63, 3.8) is 0 Å². The predicted octanol–water partition coefficient (Wildman–Crippen LogP) is 1.97. The van der Waals surface area contributed by atoms with Gasteiger partial charge in [0.15, 0.2) is 0 Å². The topological polar surface area (TPSA) is 25.2 Å². The van der Waals surface area contributed by atoms with Crippen LogP contribution >= 0.6 is 0 Å². The van der Waals surface area contributed by atoms with Crippen LogP contribution in [-0.2, 0) is 6.42 Å². The van der Waals surface area contributed by atoms with Gasteiger partial charge < -0.3 is 9.73 Å². The Morgan fingerprint density at radius 1 is 1.38 bits per heavy atom. The summed E-state index contributed by atoms with van der Waals surface area (Å²) in [5.74, 6) is 0.690. The number of alkyl halides is 3. The van der Waals surface area contributed by atoms with Gasteiger partial charge in [0.2, 0.25) is 0 Å². The molecule has 1 N–H and O–H groups in total. The van der Waals surface area contributed by atoms with Crippen molar-refractivity contribution in [3.8, 4) is 0 Å². The molecule has 2 nitrogen and oxygen atoms in total. The maximum atomic E-state index is 11.6. The number of hydrogen-bond acceptors (Lipinski definition) is 2. The van der Waals surface area contributed by atoms with Crippen LogP contribution in [-0.4, -0.2) is 19.3 Å². The number of hydrogen-bond donors (Lipinski definition) is 1. The summed E-state index contributed by atoms with van der Waals surface area (Å²) in [6, 6.07) is 3.44. The first-order valence-electron chi connectivity index (χ1n) is 3.88. The van der Waals surface area contributed by atoms with Crippen LogP contribution in [0.25, 0.3) is 0 Å². The minimum atomic E-state index is -4.14. The maximum Gasteiger partial charge on any atom is 0.401 e. The Morgan fingerprint density at radius 2 is 2.15 bits per heavy atom. The standard InChI is InChI=1S/C8H10F3NO/c9-8(10,11)6-12-4-3-7-2-1-5-13-7/h1-2,5,12H,3-4,6H2. The zero-order chi connectivity index (χ0) is 9.73. The third-order valence-electron chi connectivity index (χ3n) is 1.45. The van der Waals surface area contributed by atoms with Gasteiger partial charge in [0.05, 0.1) is 12.8 Å². The highest BCUT2D eigenvalue weighted by Gasteiger charge is 2.25. The molecule has 5 heteroatoms. The molecule has 74 valence electrons. The molecule has 0 amide bonds. The molecule has 1 rings (SSSR count). The van der Waals surface area contributed by atoms with Crippen molar-refractivity contribution in [2.24, 2.45) is 0 Å². The summed E-state index contributed by atoms with van der Waals surface area (Å²) in [5, 5.41) is 2.28. The van der Waals surface area contributed by atoms with Gasteiger partial charge in [-0.25, -0.2) is 0 Å². The van der Waals surface area contributed by atoms with Gasteiger partial charge in [-0.15, -0.1) is 0 Å². The SMILES string of the molecule is FC(F)(F)CNCCc1ccco1. The lowest BCUT2D eigenvalue weighted by molar-refractivity contribution is -0.124. The van der Waals surface area contributed by atoms with Crippen LogP contribution in [0.5, 0.6) is 0 Å². The van der Waals surface area contributed by atoms with E-state index in [1.165, 1.54) is 6.26 Å². The molecule has 0 aliphatic rings. The summed E-state index contributed by atoms with van der Waals surface area (Å²) in [4.78, 5) is 0. The minimum Gasteiger partial charge on any atom is -0.469 e. The van der Waals surface area contributed by atoms with E-state index in [0.717, 1.165) is 0 Å². The molecule has 0 atom stereocenters. The average Bonchev–Trinajstić information content (AvgIpc) is 2.48. The molecule has 0 aliphatic carbocycles. The van der Waals surface area contributed by atoms with E-state index < -0.39 is 12.7 Å². The van der Waals surface area contributed by atoms with Crippen molar-refractivity contribution in [3.05, 3.63) is 24.2 Å². The maximum absolute atomic E-state index is 11.6. The fourth-order valence-corrected chi connectivity index (χ4v) is 0.897. The first-order chi connectivity index (χ1) is 6.08. The van der Waals surface area contributed by atoms with E-state index in [9.17, 15) is 13.2 Å². The Hall–Kier alpha value is -0.970. The van der Waals surface area contributed by atoms with Gasteiger partial charge in [-0.3, -0.25) is 0 Å². The highest BCUT2D eigenvalue weighted by atomic mass is 19.4. The first-order valence-corrected chi connectivity index (χ1v) is 3.88. The lowest BCUT2D eigenvalue weighted by Gasteiger charge is -2.06. The molecule has 0 fully saturated rings. The second-order valence-electron chi connectivity index (χ2n) is 2.62. The number of nitrogens with one attached hydrogen (secondary N) is 1. The second kappa shape index (κ2) is 4.32. The van der Waals surface area contributed by atoms with Crippen LogP contribution in [0.1, 0.15) is 5.76 Å². The molecule has 0 saturated heterocycles. The lowest BCUT2D eigenvalue weighted by atomic mass is 10.3. The predicted molar refractivity (Wildman–Crippen MR) is 41.3 cm³/mol. The number of rotatable bonds is 4. The molecule has 0 unspecified atom stereocenters. The van der Waals surface area contributed by atoms with Gasteiger partial charge in [0.1, 0.15) is 5.76 Å². The molecule has 13 heavy (non-hydrogen) atoms. The molecule has 0 spiro atoms. The van der Waals surface area contributed by atoms with Gasteiger partial charge in [-0.1, -0.05) is 0 Å². The molecular formula is C8H10F3NO. The number of furan rings is 1. The van der Waals surface area contributed by atoms with Crippen LogP contribution in [0.15, 0.2) is 22.8 Å². The molecule has 1 aromatic heterocycles. The second-order valence-corrected chi connectivity index (χ2v) is 2.62. The van der Waals surface area contributed by atoms with Crippen LogP contribution < -0.4 is 5.32 Å². The molecule has 0 radical (unpaired) electrons. The first kappa shape index (κ1) is 10.1. The van der Waals surface area contributed by atoms with Crippen LogP contribution in [0.3, 0.4) is 0 Å². The van der Waals surface area contributed by atoms with Crippen molar-refractivity contribution in [1.82, 2.24) is 5.32 Å². The summed E-state index contributed by atoms with van der Waals surface area (Å²) < 4.78 is 39.9. The lowest BCUT2D eigenvalue weighted by Crippen LogP contribution is -2.30. The van der Waals surface area contributed by atoms with Gasteiger partial charge >= 0.3 is 6.18 Å². The van der Waals surface area contributed by atoms with E-state index in [4.69, 9.17) is 4.42 Å². The van der Waals surface area contributed by atoms with Crippen molar-refractivity contribution in [1.29, 1.82) is 0 Å². The fourth-order valence-electron chi connectivity index (χ4n) is 0.897. The zero-order valence-electron chi connectivity index (χ0n) is 6.90. The molecular weight excluding hydrogens is 183 g/mol. The molecule has 0 saturated carbocycles. The molecule has 0 aliphatic heterocycles. The van der Waals surface area contributed by atoms with Gasteiger partial charge in [-0.2, -0.15) is 13.2 Å².